The van der Waals surface area contributed by atoms with Gasteiger partial charge in [-0.15, -0.1) is 11.3 Å². The first-order chi connectivity index (χ1) is 10.1. The molecule has 2 aromatic rings. The van der Waals surface area contributed by atoms with Gasteiger partial charge in [-0.05, 0) is 48.7 Å². The number of carbonyl (C=O) groups excluding carboxylic acids is 2. The molecule has 0 fully saturated rings. The lowest BCUT2D eigenvalue weighted by Gasteiger charge is -2.10. The zero-order valence-electron chi connectivity index (χ0n) is 11.3. The second-order valence-corrected chi connectivity index (χ2v) is 5.71. The van der Waals surface area contributed by atoms with Crippen molar-refractivity contribution in [2.75, 3.05) is 0 Å². The molecule has 0 unspecified atom stereocenters. The van der Waals surface area contributed by atoms with Crippen LogP contribution in [0.4, 0.5) is 0 Å². The monoisotopic (exact) mass is 320 g/mol. The summed E-state index contributed by atoms with van der Waals surface area (Å²) in [5.74, 6) is -0.803. The first-order valence-corrected chi connectivity index (χ1v) is 7.54. The Kier molecular flexibility index (Phi) is 5.31. The van der Waals surface area contributed by atoms with Crippen molar-refractivity contribution in [2.45, 2.75) is 13.0 Å². The third kappa shape index (κ3) is 4.55. The molecule has 1 aromatic carbocycles. The molecule has 3 nitrogen and oxygen atoms in total. The fourth-order valence-corrected chi connectivity index (χ4v) is 2.40. The average Bonchev–Trinajstić information content (AvgIpc) is 2.98. The highest BCUT2D eigenvalue weighted by atomic mass is 35.5. The molecule has 0 amide bonds. The Bertz CT molecular complexity index is 645. The summed E-state index contributed by atoms with van der Waals surface area (Å²) in [5, 5.41) is 2.47. The number of carbonyl (C=O) groups is 2. The van der Waals surface area contributed by atoms with Crippen molar-refractivity contribution in [3.8, 4) is 0 Å². The summed E-state index contributed by atoms with van der Waals surface area (Å²) >= 11 is 7.28. The SMILES string of the molecule is C[C@@H](OC(=O)/C=C/c1cccs1)C(=O)c1ccc(Cl)cc1. The molecular formula is C16H13ClO3S. The zero-order valence-corrected chi connectivity index (χ0v) is 12.9. The number of hydrogen-bond acceptors (Lipinski definition) is 4. The van der Waals surface area contributed by atoms with E-state index in [0.717, 1.165) is 4.88 Å². The summed E-state index contributed by atoms with van der Waals surface area (Å²) < 4.78 is 5.09. The van der Waals surface area contributed by atoms with E-state index in [1.165, 1.54) is 17.4 Å². The number of Topliss-reactive ketones (excluding diaryl/α,β-unsaturated/α-hetero) is 1. The minimum absolute atomic E-state index is 0.260. The molecule has 0 aliphatic carbocycles. The van der Waals surface area contributed by atoms with Crippen molar-refractivity contribution in [3.05, 3.63) is 63.3 Å². The van der Waals surface area contributed by atoms with Crippen molar-refractivity contribution >= 4 is 40.8 Å². The number of thiophene rings is 1. The van der Waals surface area contributed by atoms with Crippen molar-refractivity contribution in [1.82, 2.24) is 0 Å². The van der Waals surface area contributed by atoms with Gasteiger partial charge in [0.15, 0.2) is 6.10 Å². The summed E-state index contributed by atoms with van der Waals surface area (Å²) in [5.41, 5.74) is 0.460. The van der Waals surface area contributed by atoms with Gasteiger partial charge in [-0.3, -0.25) is 4.79 Å². The first kappa shape index (κ1) is 15.5. The molecule has 1 heterocycles. The van der Waals surface area contributed by atoms with Crippen molar-refractivity contribution < 1.29 is 14.3 Å². The Hall–Kier alpha value is -1.91. The minimum atomic E-state index is -0.841. The maximum Gasteiger partial charge on any atom is 0.331 e. The van der Waals surface area contributed by atoms with Gasteiger partial charge in [0.1, 0.15) is 0 Å². The van der Waals surface area contributed by atoms with Gasteiger partial charge in [0.25, 0.3) is 0 Å². The quantitative estimate of drug-likeness (QED) is 0.470. The standard InChI is InChI=1S/C16H13ClO3S/c1-11(16(19)12-4-6-13(17)7-5-12)20-15(18)9-8-14-3-2-10-21-14/h2-11H,1H3/b9-8+/t11-/m1/s1. The van der Waals surface area contributed by atoms with Crippen LogP contribution in [-0.4, -0.2) is 17.9 Å². The lowest BCUT2D eigenvalue weighted by atomic mass is 10.1. The van der Waals surface area contributed by atoms with Crippen LogP contribution in [0, 0.1) is 0 Å². The molecule has 0 radical (unpaired) electrons. The summed E-state index contributed by atoms with van der Waals surface area (Å²) in [6.07, 6.45) is 2.14. The van der Waals surface area contributed by atoms with E-state index in [9.17, 15) is 9.59 Å². The molecule has 0 aliphatic heterocycles. The third-order valence-electron chi connectivity index (χ3n) is 2.72. The topological polar surface area (TPSA) is 43.4 Å². The summed E-state index contributed by atoms with van der Waals surface area (Å²) in [4.78, 5) is 24.7. The van der Waals surface area contributed by atoms with Crippen LogP contribution >= 0.6 is 22.9 Å². The largest absolute Gasteiger partial charge is 0.451 e. The van der Waals surface area contributed by atoms with Gasteiger partial charge < -0.3 is 4.74 Å². The highest BCUT2D eigenvalue weighted by Gasteiger charge is 2.18. The van der Waals surface area contributed by atoms with Crippen molar-refractivity contribution in [2.24, 2.45) is 0 Å². The van der Waals surface area contributed by atoms with Gasteiger partial charge in [0.05, 0.1) is 0 Å². The molecule has 0 bridgehead atoms. The van der Waals surface area contributed by atoms with Crippen LogP contribution in [0.1, 0.15) is 22.2 Å². The maximum atomic E-state index is 12.1. The van der Waals surface area contributed by atoms with Crippen LogP contribution in [0.15, 0.2) is 47.9 Å². The van der Waals surface area contributed by atoms with Gasteiger partial charge >= 0.3 is 5.97 Å². The minimum Gasteiger partial charge on any atom is -0.451 e. The van der Waals surface area contributed by atoms with E-state index in [4.69, 9.17) is 16.3 Å². The van der Waals surface area contributed by atoms with Crippen LogP contribution in [0.3, 0.4) is 0 Å². The Labute approximate surface area is 131 Å². The highest BCUT2D eigenvalue weighted by Crippen LogP contribution is 2.13. The van der Waals surface area contributed by atoms with Gasteiger partial charge in [0.2, 0.25) is 5.78 Å². The number of halogens is 1. The predicted octanol–water partition coefficient (Wildman–Crippen LogP) is 4.23. The van der Waals surface area contributed by atoms with Crippen LogP contribution < -0.4 is 0 Å². The van der Waals surface area contributed by atoms with E-state index in [1.807, 2.05) is 17.5 Å². The number of rotatable bonds is 5. The van der Waals surface area contributed by atoms with E-state index in [2.05, 4.69) is 0 Å². The van der Waals surface area contributed by atoms with Gasteiger partial charge in [-0.1, -0.05) is 17.7 Å². The summed E-state index contributed by atoms with van der Waals surface area (Å²) in [6, 6.07) is 10.2. The third-order valence-corrected chi connectivity index (χ3v) is 3.81. The fraction of sp³-hybridized carbons (Fsp3) is 0.125. The molecule has 21 heavy (non-hydrogen) atoms. The molecule has 0 saturated heterocycles. The molecule has 0 aliphatic rings. The smallest absolute Gasteiger partial charge is 0.331 e. The van der Waals surface area contributed by atoms with E-state index in [-0.39, 0.29) is 5.78 Å². The molecule has 1 atom stereocenters. The number of esters is 1. The molecule has 1 aromatic heterocycles. The average molecular weight is 321 g/mol. The van der Waals surface area contributed by atoms with Gasteiger partial charge in [-0.25, -0.2) is 4.79 Å². The normalized spacial score (nSPS) is 12.3. The Morgan fingerprint density at radius 1 is 1.24 bits per heavy atom. The van der Waals surface area contributed by atoms with Crippen molar-refractivity contribution in [3.63, 3.8) is 0 Å². The van der Waals surface area contributed by atoms with Crippen LogP contribution in [-0.2, 0) is 9.53 Å². The highest BCUT2D eigenvalue weighted by molar-refractivity contribution is 7.10. The first-order valence-electron chi connectivity index (χ1n) is 6.28. The van der Waals surface area contributed by atoms with Gasteiger partial charge in [-0.2, -0.15) is 0 Å². The number of benzene rings is 1. The van der Waals surface area contributed by atoms with Crippen LogP contribution in [0.5, 0.6) is 0 Å². The van der Waals surface area contributed by atoms with Crippen molar-refractivity contribution in [1.29, 1.82) is 0 Å². The van der Waals surface area contributed by atoms with E-state index in [1.54, 1.807) is 37.3 Å². The molecule has 108 valence electrons. The summed E-state index contributed by atoms with van der Waals surface area (Å²) in [7, 11) is 0. The molecule has 5 heteroatoms. The summed E-state index contributed by atoms with van der Waals surface area (Å²) in [6.45, 7) is 1.55. The van der Waals surface area contributed by atoms with E-state index >= 15 is 0 Å². The number of ether oxygens (including phenoxy) is 1. The van der Waals surface area contributed by atoms with Gasteiger partial charge in [0, 0.05) is 21.5 Å². The van der Waals surface area contributed by atoms with E-state index in [0.29, 0.717) is 10.6 Å². The molecule has 0 N–H and O–H groups in total. The second kappa shape index (κ2) is 7.20. The fourth-order valence-electron chi connectivity index (χ4n) is 1.65. The zero-order chi connectivity index (χ0) is 15.2. The lowest BCUT2D eigenvalue weighted by Crippen LogP contribution is -2.23. The van der Waals surface area contributed by atoms with Crippen LogP contribution in [0.2, 0.25) is 5.02 Å². The second-order valence-electron chi connectivity index (χ2n) is 4.30. The maximum absolute atomic E-state index is 12.1. The lowest BCUT2D eigenvalue weighted by molar-refractivity contribution is -0.140. The predicted molar refractivity (Wildman–Crippen MR) is 84.7 cm³/mol. The van der Waals surface area contributed by atoms with E-state index < -0.39 is 12.1 Å². The number of hydrogen-bond donors (Lipinski definition) is 0. The molecule has 0 saturated carbocycles. The number of ketones is 1. The Morgan fingerprint density at radius 3 is 2.57 bits per heavy atom. The Morgan fingerprint density at radius 2 is 1.95 bits per heavy atom. The Balaban J connectivity index is 1.94. The molecule has 2 rings (SSSR count). The van der Waals surface area contributed by atoms with Crippen LogP contribution in [0.25, 0.3) is 6.08 Å². The molecule has 0 spiro atoms. The molecular weight excluding hydrogens is 308 g/mol.